The number of hydrogen-bond acceptors (Lipinski definition) is 6. The van der Waals surface area contributed by atoms with Gasteiger partial charge in [0.15, 0.2) is 0 Å². The quantitative estimate of drug-likeness (QED) is 0.837. The highest BCUT2D eigenvalue weighted by Crippen LogP contribution is 2.14. The van der Waals surface area contributed by atoms with Crippen molar-refractivity contribution in [3.05, 3.63) is 29.3 Å². The van der Waals surface area contributed by atoms with Crippen LogP contribution in [0.1, 0.15) is 17.0 Å². The lowest BCUT2D eigenvalue weighted by Gasteiger charge is -2.06. The van der Waals surface area contributed by atoms with Gasteiger partial charge >= 0.3 is 0 Å². The van der Waals surface area contributed by atoms with Gasteiger partial charge in [0.1, 0.15) is 11.6 Å². The number of nitrogens with one attached hydrogen (secondary N) is 2. The van der Waals surface area contributed by atoms with Crippen LogP contribution in [0.3, 0.4) is 0 Å². The molecule has 6 heteroatoms. The molecule has 0 aliphatic carbocycles. The second-order valence-corrected chi connectivity index (χ2v) is 3.67. The van der Waals surface area contributed by atoms with Crippen LogP contribution in [0.15, 0.2) is 16.8 Å². The van der Waals surface area contributed by atoms with Crippen LogP contribution in [-0.2, 0) is 6.54 Å². The number of aryl methyl sites for hydroxylation is 2. The van der Waals surface area contributed by atoms with Gasteiger partial charge < -0.3 is 15.2 Å². The van der Waals surface area contributed by atoms with Crippen LogP contribution >= 0.6 is 0 Å². The second-order valence-electron chi connectivity index (χ2n) is 3.67. The van der Waals surface area contributed by atoms with Crippen LogP contribution in [0.4, 0.5) is 11.8 Å². The SMILES string of the molecule is CNc1nccc(NCc2c(C)noc2C)n1. The third-order valence-corrected chi connectivity index (χ3v) is 2.51. The number of nitrogens with zero attached hydrogens (tertiary/aromatic N) is 3. The largest absolute Gasteiger partial charge is 0.366 e. The first kappa shape index (κ1) is 11.4. The molecule has 17 heavy (non-hydrogen) atoms. The van der Waals surface area contributed by atoms with Crippen molar-refractivity contribution < 1.29 is 4.52 Å². The summed E-state index contributed by atoms with van der Waals surface area (Å²) in [4.78, 5) is 8.31. The lowest BCUT2D eigenvalue weighted by atomic mass is 10.2. The molecule has 0 spiro atoms. The van der Waals surface area contributed by atoms with E-state index in [0.29, 0.717) is 12.5 Å². The monoisotopic (exact) mass is 233 g/mol. The highest BCUT2D eigenvalue weighted by molar-refractivity contribution is 5.40. The average molecular weight is 233 g/mol. The van der Waals surface area contributed by atoms with Gasteiger partial charge in [-0.25, -0.2) is 4.98 Å². The van der Waals surface area contributed by atoms with E-state index in [4.69, 9.17) is 4.52 Å². The van der Waals surface area contributed by atoms with Crippen molar-refractivity contribution in [1.29, 1.82) is 0 Å². The van der Waals surface area contributed by atoms with Crippen molar-refractivity contribution in [1.82, 2.24) is 15.1 Å². The van der Waals surface area contributed by atoms with E-state index < -0.39 is 0 Å². The van der Waals surface area contributed by atoms with Gasteiger partial charge in [0.05, 0.1) is 5.69 Å². The van der Waals surface area contributed by atoms with E-state index in [2.05, 4.69) is 25.8 Å². The smallest absolute Gasteiger partial charge is 0.224 e. The Kier molecular flexibility index (Phi) is 3.22. The molecule has 0 unspecified atom stereocenters. The maximum atomic E-state index is 5.09. The molecule has 2 N–H and O–H groups in total. The van der Waals surface area contributed by atoms with E-state index in [-0.39, 0.29) is 0 Å². The molecule has 2 heterocycles. The second kappa shape index (κ2) is 4.82. The number of hydrogen-bond donors (Lipinski definition) is 2. The third-order valence-electron chi connectivity index (χ3n) is 2.51. The zero-order valence-corrected chi connectivity index (χ0v) is 10.1. The Morgan fingerprint density at radius 1 is 1.35 bits per heavy atom. The van der Waals surface area contributed by atoms with Gasteiger partial charge in [0, 0.05) is 25.4 Å². The Balaban J connectivity index is 2.07. The molecule has 0 radical (unpaired) electrons. The predicted octanol–water partition coefficient (Wildman–Crippen LogP) is 1.74. The molecule has 0 saturated carbocycles. The molecule has 0 amide bonds. The summed E-state index contributed by atoms with van der Waals surface area (Å²) < 4.78 is 5.09. The van der Waals surface area contributed by atoms with Gasteiger partial charge in [-0.1, -0.05) is 5.16 Å². The first-order valence-corrected chi connectivity index (χ1v) is 5.37. The molecule has 90 valence electrons. The minimum atomic E-state index is 0.591. The topological polar surface area (TPSA) is 75.9 Å². The number of anilines is 2. The lowest BCUT2D eigenvalue weighted by Crippen LogP contribution is -2.05. The fraction of sp³-hybridized carbons (Fsp3) is 0.364. The van der Waals surface area contributed by atoms with Crippen molar-refractivity contribution in [3.63, 3.8) is 0 Å². The molecule has 0 saturated heterocycles. The van der Waals surface area contributed by atoms with Crippen molar-refractivity contribution >= 4 is 11.8 Å². The Labute approximate surface area is 99.5 Å². The summed E-state index contributed by atoms with van der Waals surface area (Å²) in [6, 6.07) is 1.82. The molecule has 0 fully saturated rings. The van der Waals surface area contributed by atoms with Gasteiger partial charge in [0.25, 0.3) is 0 Å². The Morgan fingerprint density at radius 2 is 2.18 bits per heavy atom. The summed E-state index contributed by atoms with van der Waals surface area (Å²) in [5.74, 6) is 2.19. The van der Waals surface area contributed by atoms with Crippen LogP contribution < -0.4 is 10.6 Å². The zero-order chi connectivity index (χ0) is 12.3. The van der Waals surface area contributed by atoms with Gasteiger partial charge in [-0.3, -0.25) is 0 Å². The standard InChI is InChI=1S/C11H15N5O/c1-7-9(8(2)17-16-7)6-14-10-4-5-13-11(12-3)15-10/h4-5H,6H2,1-3H3,(H2,12,13,14,15). The van der Waals surface area contributed by atoms with E-state index in [0.717, 1.165) is 22.8 Å². The molecular weight excluding hydrogens is 218 g/mol. The fourth-order valence-corrected chi connectivity index (χ4v) is 1.51. The van der Waals surface area contributed by atoms with Crippen LogP contribution in [0.5, 0.6) is 0 Å². The van der Waals surface area contributed by atoms with Crippen LogP contribution in [0.2, 0.25) is 0 Å². The minimum Gasteiger partial charge on any atom is -0.366 e. The lowest BCUT2D eigenvalue weighted by molar-refractivity contribution is 0.392. The van der Waals surface area contributed by atoms with Gasteiger partial charge in [-0.05, 0) is 19.9 Å². The molecule has 0 atom stereocenters. The first-order chi connectivity index (χ1) is 8.20. The summed E-state index contributed by atoms with van der Waals surface area (Å²) in [7, 11) is 1.79. The number of aromatic nitrogens is 3. The van der Waals surface area contributed by atoms with E-state index in [9.17, 15) is 0 Å². The zero-order valence-electron chi connectivity index (χ0n) is 10.1. The molecule has 6 nitrogen and oxygen atoms in total. The van der Waals surface area contributed by atoms with Gasteiger partial charge in [0.2, 0.25) is 5.95 Å². The van der Waals surface area contributed by atoms with Crippen molar-refractivity contribution in [3.8, 4) is 0 Å². The van der Waals surface area contributed by atoms with Crippen molar-refractivity contribution in [2.24, 2.45) is 0 Å². The Hall–Kier alpha value is -2.11. The van der Waals surface area contributed by atoms with Gasteiger partial charge in [-0.2, -0.15) is 4.98 Å². The summed E-state index contributed by atoms with van der Waals surface area (Å²) in [5.41, 5.74) is 1.97. The predicted molar refractivity (Wildman–Crippen MR) is 64.9 cm³/mol. The minimum absolute atomic E-state index is 0.591. The van der Waals surface area contributed by atoms with Crippen molar-refractivity contribution in [2.45, 2.75) is 20.4 Å². The molecule has 0 aliphatic heterocycles. The highest BCUT2D eigenvalue weighted by Gasteiger charge is 2.08. The van der Waals surface area contributed by atoms with E-state index in [1.807, 2.05) is 19.9 Å². The molecule has 2 aromatic rings. The molecule has 2 rings (SSSR count). The maximum absolute atomic E-state index is 5.09. The van der Waals surface area contributed by atoms with E-state index in [1.165, 1.54) is 0 Å². The first-order valence-electron chi connectivity index (χ1n) is 5.37. The number of rotatable bonds is 4. The molecular formula is C11H15N5O. The average Bonchev–Trinajstić information content (AvgIpc) is 2.67. The van der Waals surface area contributed by atoms with Crippen molar-refractivity contribution in [2.75, 3.05) is 17.7 Å². The molecule has 0 bridgehead atoms. The summed E-state index contributed by atoms with van der Waals surface area (Å²) in [6.45, 7) is 4.46. The molecule has 2 aromatic heterocycles. The van der Waals surface area contributed by atoms with E-state index in [1.54, 1.807) is 13.2 Å². The van der Waals surface area contributed by atoms with Gasteiger partial charge in [-0.15, -0.1) is 0 Å². The highest BCUT2D eigenvalue weighted by atomic mass is 16.5. The van der Waals surface area contributed by atoms with Crippen LogP contribution in [-0.4, -0.2) is 22.2 Å². The molecule has 0 aromatic carbocycles. The Morgan fingerprint density at radius 3 is 2.82 bits per heavy atom. The summed E-state index contributed by atoms with van der Waals surface area (Å²) >= 11 is 0. The fourth-order valence-electron chi connectivity index (χ4n) is 1.51. The summed E-state index contributed by atoms with van der Waals surface area (Å²) in [6.07, 6.45) is 1.70. The Bertz CT molecular complexity index is 489. The van der Waals surface area contributed by atoms with E-state index >= 15 is 0 Å². The maximum Gasteiger partial charge on any atom is 0.224 e. The third kappa shape index (κ3) is 2.52. The molecule has 0 aliphatic rings. The van der Waals surface area contributed by atoms with Crippen LogP contribution in [0.25, 0.3) is 0 Å². The normalized spacial score (nSPS) is 10.3. The van der Waals surface area contributed by atoms with Crippen LogP contribution in [0, 0.1) is 13.8 Å². The summed E-state index contributed by atoms with van der Waals surface area (Å²) in [5, 5.41) is 10.0.